The number of ether oxygens (including phenoxy) is 1. The Hall–Kier alpha value is -4.72. The van der Waals surface area contributed by atoms with Crippen LogP contribution in [0.4, 0.5) is 19.0 Å². The molecule has 1 aliphatic heterocycles. The molecule has 47 heavy (non-hydrogen) atoms. The summed E-state index contributed by atoms with van der Waals surface area (Å²) in [5.74, 6) is -0.570. The predicted octanol–water partition coefficient (Wildman–Crippen LogP) is 4.48. The first-order valence-corrected chi connectivity index (χ1v) is 15.4. The molecule has 5 rings (SSSR count). The number of carbonyl (C=O) groups excluding carboxylic acids is 3. The molecule has 2 N–H and O–H groups in total. The van der Waals surface area contributed by atoms with Gasteiger partial charge in [-0.2, -0.15) is 18.3 Å². The number of nitrogens with one attached hydrogen (secondary N) is 2. The summed E-state index contributed by atoms with van der Waals surface area (Å²) < 4.78 is 45.5. The van der Waals surface area contributed by atoms with Gasteiger partial charge in [-0.05, 0) is 68.0 Å². The fourth-order valence-corrected chi connectivity index (χ4v) is 5.71. The van der Waals surface area contributed by atoms with Crippen molar-refractivity contribution in [3.8, 4) is 5.75 Å². The average Bonchev–Trinajstić information content (AvgIpc) is 3.80. The third kappa shape index (κ3) is 8.36. The van der Waals surface area contributed by atoms with Crippen LogP contribution in [0, 0.1) is 6.92 Å². The third-order valence-electron chi connectivity index (χ3n) is 8.32. The Balaban J connectivity index is 1.41. The first kappa shape index (κ1) is 33.6. The van der Waals surface area contributed by atoms with E-state index in [4.69, 9.17) is 9.72 Å². The van der Waals surface area contributed by atoms with Gasteiger partial charge in [0.05, 0.1) is 11.3 Å². The second kappa shape index (κ2) is 14.0. The highest BCUT2D eigenvalue weighted by Crippen LogP contribution is 2.40. The van der Waals surface area contributed by atoms with E-state index >= 15 is 0 Å². The Labute approximate surface area is 270 Å². The van der Waals surface area contributed by atoms with Crippen molar-refractivity contribution in [3.05, 3.63) is 83.3 Å². The molecular formula is C33H38F3N7O4. The Morgan fingerprint density at radius 2 is 1.89 bits per heavy atom. The van der Waals surface area contributed by atoms with Gasteiger partial charge in [0.15, 0.2) is 11.9 Å². The standard InChI is InChI=1S/C33H38F3N7O4/c1-5-30(44)43-13-12-41(17-21(43)3)18-28(26-9-8-23(16-38-26)22-6-7-22)47-27-14-20(2)24(15-25(27)31(45)37-4)32(46)39-29-10-11-42(40-29)19-33(34,35)36/h5,8-11,14-16,21-22,28H,1,6-7,12-13,17-19H2,2-4H3,(H,37,45)(H,39,40,46)/t21-,28-/m1/s1. The highest BCUT2D eigenvalue weighted by Gasteiger charge is 2.31. The van der Waals surface area contributed by atoms with Crippen molar-refractivity contribution >= 4 is 23.5 Å². The molecule has 1 aromatic carbocycles. The maximum atomic E-state index is 13.2. The Morgan fingerprint density at radius 3 is 2.51 bits per heavy atom. The number of halogens is 3. The van der Waals surface area contributed by atoms with Crippen molar-refractivity contribution in [1.29, 1.82) is 0 Å². The topological polar surface area (TPSA) is 122 Å². The highest BCUT2D eigenvalue weighted by atomic mass is 19.4. The van der Waals surface area contributed by atoms with Crippen LogP contribution in [0.3, 0.4) is 0 Å². The summed E-state index contributed by atoms with van der Waals surface area (Å²) in [5, 5.41) is 8.87. The molecule has 2 aliphatic rings. The van der Waals surface area contributed by atoms with Crippen LogP contribution in [-0.2, 0) is 11.3 Å². The minimum Gasteiger partial charge on any atom is -0.482 e. The number of alkyl halides is 3. The van der Waals surface area contributed by atoms with Crippen molar-refractivity contribution in [2.24, 2.45) is 0 Å². The Bertz CT molecular complexity index is 1640. The zero-order valence-electron chi connectivity index (χ0n) is 26.5. The van der Waals surface area contributed by atoms with E-state index in [1.54, 1.807) is 17.9 Å². The number of rotatable bonds is 11. The van der Waals surface area contributed by atoms with Gasteiger partial charge in [-0.1, -0.05) is 12.6 Å². The van der Waals surface area contributed by atoms with Crippen LogP contribution in [0.2, 0.25) is 0 Å². The molecule has 2 aromatic heterocycles. The van der Waals surface area contributed by atoms with Crippen molar-refractivity contribution in [3.63, 3.8) is 0 Å². The molecule has 2 atom stereocenters. The van der Waals surface area contributed by atoms with Gasteiger partial charge in [0, 0.05) is 63.3 Å². The van der Waals surface area contributed by atoms with Crippen molar-refractivity contribution in [2.75, 3.05) is 38.5 Å². The molecule has 2 fully saturated rings. The van der Waals surface area contributed by atoms with Gasteiger partial charge >= 0.3 is 6.18 Å². The molecule has 0 bridgehead atoms. The van der Waals surface area contributed by atoms with Crippen molar-refractivity contribution < 1.29 is 32.3 Å². The normalized spacial score (nSPS) is 17.6. The van der Waals surface area contributed by atoms with Crippen LogP contribution in [0.15, 0.2) is 55.4 Å². The molecule has 0 unspecified atom stereocenters. The predicted molar refractivity (Wildman–Crippen MR) is 168 cm³/mol. The number of piperazine rings is 1. The number of aryl methyl sites for hydroxylation is 1. The van der Waals surface area contributed by atoms with E-state index in [1.807, 2.05) is 25.3 Å². The number of amides is 3. The lowest BCUT2D eigenvalue weighted by molar-refractivity contribution is -0.142. The molecule has 11 nitrogen and oxygen atoms in total. The molecule has 1 saturated heterocycles. The number of benzene rings is 1. The molecule has 1 saturated carbocycles. The number of hydrogen-bond donors (Lipinski definition) is 2. The summed E-state index contributed by atoms with van der Waals surface area (Å²) >= 11 is 0. The van der Waals surface area contributed by atoms with Crippen LogP contribution >= 0.6 is 0 Å². The average molecular weight is 654 g/mol. The summed E-state index contributed by atoms with van der Waals surface area (Å²) in [6.07, 6.45) is 1.50. The maximum Gasteiger partial charge on any atom is 0.408 e. The first-order valence-electron chi connectivity index (χ1n) is 15.4. The molecule has 3 heterocycles. The van der Waals surface area contributed by atoms with Crippen LogP contribution in [0.5, 0.6) is 5.75 Å². The first-order chi connectivity index (χ1) is 22.3. The number of anilines is 1. The Kier molecular flexibility index (Phi) is 9.99. The molecule has 1 aliphatic carbocycles. The Morgan fingerprint density at radius 1 is 1.13 bits per heavy atom. The molecule has 250 valence electrons. The second-order valence-electron chi connectivity index (χ2n) is 12.0. The van der Waals surface area contributed by atoms with Gasteiger partial charge in [-0.15, -0.1) is 0 Å². The van der Waals surface area contributed by atoms with E-state index in [1.165, 1.54) is 25.3 Å². The third-order valence-corrected chi connectivity index (χ3v) is 8.32. The van der Waals surface area contributed by atoms with Crippen molar-refractivity contribution in [1.82, 2.24) is 29.9 Å². The summed E-state index contributed by atoms with van der Waals surface area (Å²) in [5.41, 5.74) is 2.53. The van der Waals surface area contributed by atoms with E-state index in [9.17, 15) is 27.6 Å². The van der Waals surface area contributed by atoms with E-state index in [2.05, 4.69) is 27.2 Å². The van der Waals surface area contributed by atoms with Gasteiger partial charge in [0.1, 0.15) is 12.3 Å². The van der Waals surface area contributed by atoms with E-state index < -0.39 is 30.6 Å². The smallest absolute Gasteiger partial charge is 0.408 e. The monoisotopic (exact) mass is 653 g/mol. The lowest BCUT2D eigenvalue weighted by Gasteiger charge is -2.40. The highest BCUT2D eigenvalue weighted by molar-refractivity contribution is 6.07. The summed E-state index contributed by atoms with van der Waals surface area (Å²) in [6.45, 7) is 8.10. The SMILES string of the molecule is C=CC(=O)N1CCN(C[C@@H](Oc2cc(C)c(C(=O)Nc3ccn(CC(F)(F)F)n3)cc2C(=O)NC)c2ccc(C3CC3)cn2)C[C@H]1C. The molecular weight excluding hydrogens is 615 g/mol. The minimum atomic E-state index is -4.47. The van der Waals surface area contributed by atoms with Crippen LogP contribution in [0.1, 0.15) is 69.3 Å². The quantitative estimate of drug-likeness (QED) is 0.293. The van der Waals surface area contributed by atoms with Crippen LogP contribution in [-0.4, -0.2) is 87.7 Å². The zero-order chi connectivity index (χ0) is 33.9. The summed E-state index contributed by atoms with van der Waals surface area (Å²) in [6, 6.07) is 8.18. The van der Waals surface area contributed by atoms with Crippen molar-refractivity contribution in [2.45, 2.75) is 57.5 Å². The van der Waals surface area contributed by atoms with E-state index in [0.29, 0.717) is 48.0 Å². The fraction of sp³-hybridized carbons (Fsp3) is 0.424. The van der Waals surface area contributed by atoms with Crippen LogP contribution < -0.4 is 15.4 Å². The van der Waals surface area contributed by atoms with Gasteiger partial charge in [-0.25, -0.2) is 0 Å². The van der Waals surface area contributed by atoms with Gasteiger partial charge < -0.3 is 20.3 Å². The fourth-order valence-electron chi connectivity index (χ4n) is 5.71. The number of pyridine rings is 1. The lowest BCUT2D eigenvalue weighted by atomic mass is 10.0. The summed E-state index contributed by atoms with van der Waals surface area (Å²) in [7, 11) is 1.46. The molecule has 3 aromatic rings. The van der Waals surface area contributed by atoms with Crippen LogP contribution in [0.25, 0.3) is 0 Å². The van der Waals surface area contributed by atoms with Gasteiger partial charge in [0.25, 0.3) is 11.8 Å². The number of nitrogens with zero attached hydrogens (tertiary/aromatic N) is 5. The molecule has 0 radical (unpaired) electrons. The van der Waals surface area contributed by atoms with E-state index in [-0.39, 0.29) is 34.6 Å². The largest absolute Gasteiger partial charge is 0.482 e. The van der Waals surface area contributed by atoms with E-state index in [0.717, 1.165) is 24.6 Å². The molecule has 3 amide bonds. The minimum absolute atomic E-state index is 0.0542. The summed E-state index contributed by atoms with van der Waals surface area (Å²) in [4.78, 5) is 47.3. The van der Waals surface area contributed by atoms with Gasteiger partial charge in [-0.3, -0.25) is 28.9 Å². The maximum absolute atomic E-state index is 13.2. The lowest BCUT2D eigenvalue weighted by Crippen LogP contribution is -2.54. The van der Waals surface area contributed by atoms with Gasteiger partial charge in [0.2, 0.25) is 5.91 Å². The molecule has 0 spiro atoms. The second-order valence-corrected chi connectivity index (χ2v) is 12.0. The number of aromatic nitrogens is 3. The molecule has 14 heteroatoms. The number of carbonyl (C=O) groups is 3. The zero-order valence-corrected chi connectivity index (χ0v) is 26.5. The number of hydrogen-bond acceptors (Lipinski definition) is 7.